The van der Waals surface area contributed by atoms with Crippen molar-refractivity contribution in [2.75, 3.05) is 31.6 Å². The van der Waals surface area contributed by atoms with Gasteiger partial charge in [0.1, 0.15) is 18.2 Å². The van der Waals surface area contributed by atoms with Gasteiger partial charge in [-0.2, -0.15) is 0 Å². The predicted molar refractivity (Wildman–Crippen MR) is 118 cm³/mol. The molecule has 1 amide bonds. The molecular weight excluding hydrogens is 414 g/mol. The minimum Gasteiger partial charge on any atom is -0.474 e. The molecule has 2 aromatic rings. The summed E-state index contributed by atoms with van der Waals surface area (Å²) >= 11 is 0. The van der Waals surface area contributed by atoms with Crippen LogP contribution in [0, 0.1) is 13.8 Å². The molecule has 0 aliphatic carbocycles. The lowest BCUT2D eigenvalue weighted by Crippen LogP contribution is -2.42. The highest BCUT2D eigenvalue weighted by Crippen LogP contribution is 2.30. The van der Waals surface area contributed by atoms with Gasteiger partial charge in [-0.25, -0.2) is 19.7 Å². The van der Waals surface area contributed by atoms with Gasteiger partial charge in [-0.1, -0.05) is 0 Å². The number of rotatable bonds is 8. The molecule has 1 aliphatic heterocycles. The minimum atomic E-state index is -0.283. The van der Waals surface area contributed by atoms with Crippen molar-refractivity contribution < 1.29 is 24.1 Å². The van der Waals surface area contributed by atoms with Crippen molar-refractivity contribution in [3.05, 3.63) is 29.7 Å². The summed E-state index contributed by atoms with van der Waals surface area (Å²) in [4.78, 5) is 26.7. The maximum atomic E-state index is 12.1. The lowest BCUT2D eigenvalue weighted by atomic mass is 10.1. The molecule has 0 aromatic carbocycles. The van der Waals surface area contributed by atoms with E-state index in [9.17, 15) is 4.79 Å². The summed E-state index contributed by atoms with van der Waals surface area (Å²) in [5, 5.41) is 11.9. The topological polar surface area (TPSA) is 119 Å². The summed E-state index contributed by atoms with van der Waals surface area (Å²) in [6.45, 7) is 8.97. The number of ether oxygens (including phenoxy) is 3. The number of piperidine rings is 1. The lowest BCUT2D eigenvalue weighted by molar-refractivity contribution is 0.0505. The van der Waals surface area contributed by atoms with Crippen LogP contribution >= 0.6 is 0 Å². The molecule has 0 saturated carbocycles. The fraction of sp³-hybridized carbons (Fsp3) is 0.545. The first kappa shape index (κ1) is 23.5. The normalized spacial score (nSPS) is 14.4. The van der Waals surface area contributed by atoms with Gasteiger partial charge >= 0.3 is 6.09 Å². The highest BCUT2D eigenvalue weighted by molar-refractivity contribution is 5.67. The number of pyridine rings is 1. The van der Waals surface area contributed by atoms with Crippen LogP contribution in [0.15, 0.2) is 18.5 Å². The van der Waals surface area contributed by atoms with Crippen molar-refractivity contribution in [2.45, 2.75) is 52.7 Å². The van der Waals surface area contributed by atoms with Crippen LogP contribution in [0.1, 0.15) is 37.9 Å². The number of aryl methyl sites for hydroxylation is 1. The zero-order valence-electron chi connectivity index (χ0n) is 19.0. The number of nitrogens with zero attached hydrogens (tertiary/aromatic N) is 4. The van der Waals surface area contributed by atoms with Gasteiger partial charge in [-0.05, 0) is 39.8 Å². The van der Waals surface area contributed by atoms with Crippen LogP contribution in [0.5, 0.6) is 17.5 Å². The van der Waals surface area contributed by atoms with Crippen molar-refractivity contribution in [1.82, 2.24) is 19.9 Å². The summed E-state index contributed by atoms with van der Waals surface area (Å²) < 4.78 is 17.3. The molecule has 0 atom stereocenters. The minimum absolute atomic E-state index is 0.0307. The van der Waals surface area contributed by atoms with Crippen LogP contribution in [0.2, 0.25) is 0 Å². The third-order valence-electron chi connectivity index (χ3n) is 4.97. The Morgan fingerprint density at radius 1 is 1.22 bits per heavy atom. The molecule has 3 rings (SSSR count). The first-order valence-corrected chi connectivity index (χ1v) is 10.8. The number of hydrogen-bond acceptors (Lipinski definition) is 9. The van der Waals surface area contributed by atoms with Crippen molar-refractivity contribution in [1.29, 1.82) is 0 Å². The Kier molecular flexibility index (Phi) is 8.04. The third kappa shape index (κ3) is 6.19. The molecule has 3 heterocycles. The van der Waals surface area contributed by atoms with Crippen LogP contribution < -0.4 is 14.8 Å². The molecule has 174 valence electrons. The van der Waals surface area contributed by atoms with Crippen LogP contribution in [-0.2, 0) is 4.74 Å². The molecule has 0 spiro atoms. The smallest absolute Gasteiger partial charge is 0.410 e. The molecule has 0 unspecified atom stereocenters. The van der Waals surface area contributed by atoms with Crippen LogP contribution in [-0.4, -0.2) is 69.5 Å². The number of aromatic nitrogens is 3. The van der Waals surface area contributed by atoms with Crippen molar-refractivity contribution in [2.24, 2.45) is 0 Å². The molecule has 2 aromatic heterocycles. The SMILES string of the molecule is Cc1nc(NCCO)ccc1Oc1ncnc(OC2CCN(C(=O)OC(C)C)CC2)c1C. The average Bonchev–Trinajstić information content (AvgIpc) is 2.76. The summed E-state index contributed by atoms with van der Waals surface area (Å²) in [6.07, 6.45) is 2.32. The lowest BCUT2D eigenvalue weighted by Gasteiger charge is -2.31. The summed E-state index contributed by atoms with van der Waals surface area (Å²) in [5.74, 6) is 2.10. The van der Waals surface area contributed by atoms with Gasteiger partial charge in [0.15, 0.2) is 5.75 Å². The maximum absolute atomic E-state index is 12.1. The molecule has 10 nitrogen and oxygen atoms in total. The number of carbonyl (C=O) groups excluding carboxylic acids is 1. The van der Waals surface area contributed by atoms with E-state index in [-0.39, 0.29) is 24.9 Å². The average molecular weight is 446 g/mol. The summed E-state index contributed by atoms with van der Waals surface area (Å²) in [6, 6.07) is 3.58. The van der Waals surface area contributed by atoms with Crippen LogP contribution in [0.4, 0.5) is 10.6 Å². The van der Waals surface area contributed by atoms with Crippen molar-refractivity contribution >= 4 is 11.9 Å². The van der Waals surface area contributed by atoms with E-state index in [1.807, 2.05) is 27.7 Å². The molecule has 0 bridgehead atoms. The van der Waals surface area contributed by atoms with Gasteiger partial charge in [0, 0.05) is 32.5 Å². The number of carbonyl (C=O) groups is 1. The molecule has 10 heteroatoms. The number of aliphatic hydroxyl groups excluding tert-OH is 1. The van der Waals surface area contributed by atoms with E-state index in [1.54, 1.807) is 17.0 Å². The fourth-order valence-corrected chi connectivity index (χ4v) is 3.27. The Balaban J connectivity index is 1.61. The van der Waals surface area contributed by atoms with E-state index in [2.05, 4.69) is 20.3 Å². The first-order chi connectivity index (χ1) is 15.4. The predicted octanol–water partition coefficient (Wildman–Crippen LogP) is 3.07. The second-order valence-corrected chi connectivity index (χ2v) is 7.88. The molecule has 1 fully saturated rings. The van der Waals surface area contributed by atoms with E-state index in [4.69, 9.17) is 19.3 Å². The molecular formula is C22H31N5O5. The highest BCUT2D eigenvalue weighted by atomic mass is 16.6. The second kappa shape index (κ2) is 10.9. The van der Waals surface area contributed by atoms with Gasteiger partial charge in [0.2, 0.25) is 11.8 Å². The monoisotopic (exact) mass is 445 g/mol. The van der Waals surface area contributed by atoms with Gasteiger partial charge in [-0.3, -0.25) is 0 Å². The standard InChI is InChI=1S/C22H31N5O5/c1-14(2)30-22(29)27-10-7-17(8-11-27)31-20-15(3)21(25-13-24-20)32-18-5-6-19(23-9-12-28)26-16(18)4/h5-6,13-14,17,28H,7-12H2,1-4H3,(H,23,26). The number of anilines is 1. The first-order valence-electron chi connectivity index (χ1n) is 10.8. The molecule has 32 heavy (non-hydrogen) atoms. The van der Waals surface area contributed by atoms with Crippen LogP contribution in [0.3, 0.4) is 0 Å². The molecule has 1 aliphatic rings. The Morgan fingerprint density at radius 2 is 1.94 bits per heavy atom. The number of hydrogen-bond donors (Lipinski definition) is 2. The van der Waals surface area contributed by atoms with Crippen molar-refractivity contribution in [3.63, 3.8) is 0 Å². The van der Waals surface area contributed by atoms with E-state index in [1.165, 1.54) is 6.33 Å². The molecule has 2 N–H and O–H groups in total. The number of amides is 1. The summed E-state index contributed by atoms with van der Waals surface area (Å²) in [5.41, 5.74) is 1.38. The van der Waals surface area contributed by atoms with Gasteiger partial charge in [0.05, 0.1) is 24.0 Å². The number of nitrogens with one attached hydrogen (secondary N) is 1. The maximum Gasteiger partial charge on any atom is 0.410 e. The second-order valence-electron chi connectivity index (χ2n) is 7.88. The number of likely N-dealkylation sites (tertiary alicyclic amines) is 1. The van der Waals surface area contributed by atoms with Gasteiger partial charge < -0.3 is 29.5 Å². The van der Waals surface area contributed by atoms with Gasteiger partial charge in [-0.15, -0.1) is 0 Å². The Hall–Kier alpha value is -3.14. The Bertz CT molecular complexity index is 916. The van der Waals surface area contributed by atoms with Crippen molar-refractivity contribution in [3.8, 4) is 17.5 Å². The molecule has 0 radical (unpaired) electrons. The zero-order valence-corrected chi connectivity index (χ0v) is 19.0. The van der Waals surface area contributed by atoms with Gasteiger partial charge in [0.25, 0.3) is 0 Å². The van der Waals surface area contributed by atoms with E-state index in [0.717, 1.165) is 0 Å². The largest absolute Gasteiger partial charge is 0.474 e. The zero-order chi connectivity index (χ0) is 23.1. The highest BCUT2D eigenvalue weighted by Gasteiger charge is 2.26. The number of aliphatic hydroxyl groups is 1. The summed E-state index contributed by atoms with van der Waals surface area (Å²) in [7, 11) is 0. The molecule has 1 saturated heterocycles. The fourth-order valence-electron chi connectivity index (χ4n) is 3.27. The van der Waals surface area contributed by atoms with E-state index >= 15 is 0 Å². The van der Waals surface area contributed by atoms with E-state index < -0.39 is 0 Å². The van der Waals surface area contributed by atoms with Crippen LogP contribution in [0.25, 0.3) is 0 Å². The Labute approximate surface area is 187 Å². The Morgan fingerprint density at radius 3 is 2.59 bits per heavy atom. The quantitative estimate of drug-likeness (QED) is 0.632. The third-order valence-corrected chi connectivity index (χ3v) is 4.97. The van der Waals surface area contributed by atoms with E-state index in [0.29, 0.717) is 67.1 Å².